The van der Waals surface area contributed by atoms with Crippen molar-refractivity contribution in [3.05, 3.63) is 28.8 Å². The van der Waals surface area contributed by atoms with E-state index in [-0.39, 0.29) is 6.04 Å². The first-order valence-electron chi connectivity index (χ1n) is 6.37. The van der Waals surface area contributed by atoms with E-state index in [0.29, 0.717) is 16.5 Å². The quantitative estimate of drug-likeness (QED) is 0.926. The van der Waals surface area contributed by atoms with Crippen molar-refractivity contribution in [2.75, 3.05) is 20.1 Å². The van der Waals surface area contributed by atoms with Crippen molar-refractivity contribution in [1.82, 2.24) is 9.62 Å². The van der Waals surface area contributed by atoms with E-state index in [0.717, 1.165) is 24.9 Å². The molecule has 1 atom stereocenters. The summed E-state index contributed by atoms with van der Waals surface area (Å²) in [5, 5.41) is 3.75. The minimum Gasteiger partial charge on any atom is -0.313 e. The van der Waals surface area contributed by atoms with Crippen molar-refractivity contribution in [2.45, 2.75) is 30.7 Å². The number of aryl methyl sites for hydroxylation is 1. The van der Waals surface area contributed by atoms with Crippen LogP contribution in [0, 0.1) is 6.92 Å². The van der Waals surface area contributed by atoms with Gasteiger partial charge in [-0.25, -0.2) is 8.42 Å². The molecule has 1 saturated heterocycles. The number of nitrogens with one attached hydrogen (secondary N) is 1. The largest absolute Gasteiger partial charge is 0.313 e. The van der Waals surface area contributed by atoms with E-state index in [1.807, 2.05) is 0 Å². The lowest BCUT2D eigenvalue weighted by Crippen LogP contribution is -2.38. The van der Waals surface area contributed by atoms with Crippen LogP contribution in [0.2, 0.25) is 5.02 Å². The van der Waals surface area contributed by atoms with Gasteiger partial charge in [0.05, 0.1) is 4.90 Å². The molecule has 0 aromatic heterocycles. The summed E-state index contributed by atoms with van der Waals surface area (Å²) < 4.78 is 26.5. The van der Waals surface area contributed by atoms with Crippen molar-refractivity contribution >= 4 is 21.6 Å². The van der Waals surface area contributed by atoms with Crippen molar-refractivity contribution in [3.8, 4) is 0 Å². The maximum Gasteiger partial charge on any atom is 0.243 e. The molecular weight excluding hydrogens is 284 g/mol. The predicted octanol–water partition coefficient (Wildman–Crippen LogP) is 2.02. The molecule has 19 heavy (non-hydrogen) atoms. The van der Waals surface area contributed by atoms with E-state index < -0.39 is 10.0 Å². The minimum absolute atomic E-state index is 0.249. The summed E-state index contributed by atoms with van der Waals surface area (Å²) in [6, 6.07) is 5.20. The number of halogens is 1. The van der Waals surface area contributed by atoms with Gasteiger partial charge in [0.1, 0.15) is 0 Å². The second-order valence-electron chi connectivity index (χ2n) is 4.99. The summed E-state index contributed by atoms with van der Waals surface area (Å²) in [6.07, 6.45) is 2.13. The number of likely N-dealkylation sites (N-methyl/N-ethyl adjacent to an activating group) is 1. The molecule has 0 radical (unpaired) electrons. The van der Waals surface area contributed by atoms with Crippen LogP contribution in [0.5, 0.6) is 0 Å². The molecule has 1 aromatic carbocycles. The van der Waals surface area contributed by atoms with Crippen LogP contribution in [0.1, 0.15) is 18.4 Å². The lowest BCUT2D eigenvalue weighted by atomic mass is 10.2. The topological polar surface area (TPSA) is 49.4 Å². The number of nitrogens with zero attached hydrogens (tertiary/aromatic N) is 1. The molecule has 1 aliphatic rings. The van der Waals surface area contributed by atoms with Crippen molar-refractivity contribution in [1.29, 1.82) is 0 Å². The van der Waals surface area contributed by atoms with Crippen LogP contribution in [-0.4, -0.2) is 38.9 Å². The molecule has 6 heteroatoms. The second kappa shape index (κ2) is 5.79. The third-order valence-electron chi connectivity index (χ3n) is 3.48. The highest BCUT2D eigenvalue weighted by Gasteiger charge is 2.26. The highest BCUT2D eigenvalue weighted by atomic mass is 35.5. The molecule has 1 N–H and O–H groups in total. The third-order valence-corrected chi connectivity index (χ3v) is 5.68. The number of rotatable bonds is 4. The molecule has 106 valence electrons. The zero-order chi connectivity index (χ0) is 14.0. The van der Waals surface area contributed by atoms with Crippen LogP contribution >= 0.6 is 11.6 Å². The first kappa shape index (κ1) is 14.8. The normalized spacial score (nSPS) is 20.1. The van der Waals surface area contributed by atoms with Gasteiger partial charge >= 0.3 is 0 Å². The van der Waals surface area contributed by atoms with Crippen LogP contribution < -0.4 is 5.32 Å². The molecule has 1 aliphatic heterocycles. The molecule has 0 spiro atoms. The van der Waals surface area contributed by atoms with Crippen LogP contribution in [0.4, 0.5) is 0 Å². The molecule has 2 rings (SSSR count). The van der Waals surface area contributed by atoms with Gasteiger partial charge in [0.25, 0.3) is 0 Å². The first-order valence-corrected chi connectivity index (χ1v) is 8.19. The van der Waals surface area contributed by atoms with E-state index in [1.54, 1.807) is 26.1 Å². The highest BCUT2D eigenvalue weighted by molar-refractivity contribution is 7.89. The smallest absolute Gasteiger partial charge is 0.243 e. The second-order valence-corrected chi connectivity index (χ2v) is 7.44. The van der Waals surface area contributed by atoms with Crippen LogP contribution in [0.3, 0.4) is 0 Å². The van der Waals surface area contributed by atoms with E-state index in [4.69, 9.17) is 11.6 Å². The van der Waals surface area contributed by atoms with Crippen LogP contribution in [-0.2, 0) is 10.0 Å². The van der Waals surface area contributed by atoms with Gasteiger partial charge in [-0.3, -0.25) is 0 Å². The fraction of sp³-hybridized carbons (Fsp3) is 0.538. The van der Waals surface area contributed by atoms with E-state index in [2.05, 4.69) is 5.32 Å². The number of benzene rings is 1. The molecular formula is C13H19ClN2O2S. The average molecular weight is 303 g/mol. The van der Waals surface area contributed by atoms with Gasteiger partial charge in [-0.1, -0.05) is 17.7 Å². The Kier molecular flexibility index (Phi) is 4.50. The Morgan fingerprint density at radius 3 is 2.84 bits per heavy atom. The summed E-state index contributed by atoms with van der Waals surface area (Å²) in [5.41, 5.74) is 0.718. The van der Waals surface area contributed by atoms with Gasteiger partial charge in [0.2, 0.25) is 10.0 Å². The zero-order valence-corrected chi connectivity index (χ0v) is 12.8. The van der Waals surface area contributed by atoms with Crippen LogP contribution in [0.25, 0.3) is 0 Å². The molecule has 0 amide bonds. The number of sulfonamides is 1. The zero-order valence-electron chi connectivity index (χ0n) is 11.2. The Morgan fingerprint density at radius 1 is 1.47 bits per heavy atom. The summed E-state index contributed by atoms with van der Waals surface area (Å²) >= 11 is 5.90. The predicted molar refractivity (Wildman–Crippen MR) is 77.0 cm³/mol. The lowest BCUT2D eigenvalue weighted by molar-refractivity contribution is 0.417. The monoisotopic (exact) mass is 302 g/mol. The summed E-state index contributed by atoms with van der Waals surface area (Å²) in [5.74, 6) is 0. The first-order chi connectivity index (χ1) is 8.91. The van der Waals surface area contributed by atoms with Crippen LogP contribution in [0.15, 0.2) is 23.1 Å². The Balaban J connectivity index is 2.22. The maximum absolute atomic E-state index is 12.5. The molecule has 0 saturated carbocycles. The lowest BCUT2D eigenvalue weighted by Gasteiger charge is -2.22. The van der Waals surface area contributed by atoms with Gasteiger partial charge in [0.15, 0.2) is 0 Å². The van der Waals surface area contributed by atoms with Crippen molar-refractivity contribution in [2.24, 2.45) is 0 Å². The fourth-order valence-corrected chi connectivity index (χ4v) is 4.04. The molecule has 1 heterocycles. The summed E-state index contributed by atoms with van der Waals surface area (Å²) in [7, 11) is -1.85. The van der Waals surface area contributed by atoms with Gasteiger partial charge in [-0.2, -0.15) is 4.31 Å². The average Bonchev–Trinajstić information content (AvgIpc) is 2.85. The molecule has 0 aliphatic carbocycles. The molecule has 1 unspecified atom stereocenters. The molecule has 0 bridgehead atoms. The third kappa shape index (κ3) is 3.28. The number of hydrogen-bond acceptors (Lipinski definition) is 3. The van der Waals surface area contributed by atoms with Gasteiger partial charge in [-0.05, 0) is 44.0 Å². The summed E-state index contributed by atoms with van der Waals surface area (Å²) in [6.45, 7) is 3.24. The Labute approximate surface area is 119 Å². The standard InChI is InChI=1S/C13H19ClN2O2S/c1-10-5-6-11(14)8-13(10)19(17,18)16(2)9-12-4-3-7-15-12/h5-6,8,12,15H,3-4,7,9H2,1-2H3. The molecule has 1 aromatic rings. The minimum atomic E-state index is -3.47. The van der Waals surface area contributed by atoms with Crippen molar-refractivity contribution < 1.29 is 8.42 Å². The van der Waals surface area contributed by atoms with Crippen molar-refractivity contribution in [3.63, 3.8) is 0 Å². The maximum atomic E-state index is 12.5. The van der Waals surface area contributed by atoms with E-state index in [1.165, 1.54) is 10.4 Å². The van der Waals surface area contributed by atoms with E-state index in [9.17, 15) is 8.42 Å². The Hall–Kier alpha value is -0.620. The Morgan fingerprint density at radius 2 is 2.21 bits per heavy atom. The van der Waals surface area contributed by atoms with Gasteiger partial charge in [-0.15, -0.1) is 0 Å². The van der Waals surface area contributed by atoms with Gasteiger partial charge < -0.3 is 5.32 Å². The SMILES string of the molecule is Cc1ccc(Cl)cc1S(=O)(=O)N(C)CC1CCCN1. The van der Waals surface area contributed by atoms with E-state index >= 15 is 0 Å². The fourth-order valence-electron chi connectivity index (χ4n) is 2.34. The molecule has 1 fully saturated rings. The summed E-state index contributed by atoms with van der Waals surface area (Å²) in [4.78, 5) is 0.292. The molecule has 4 nitrogen and oxygen atoms in total. The Bertz CT molecular complexity index is 554. The highest BCUT2D eigenvalue weighted by Crippen LogP contribution is 2.23. The van der Waals surface area contributed by atoms with Gasteiger partial charge in [0, 0.05) is 24.7 Å². The number of hydrogen-bond donors (Lipinski definition) is 1.